The first kappa shape index (κ1) is 85.8. The fraction of sp³-hybridized carbons (Fsp3) is 0.618. The van der Waals surface area contributed by atoms with Crippen LogP contribution in [-0.2, 0) is 51.9 Å². The predicted octanol–water partition coefficient (Wildman–Crippen LogP) is 18.9. The van der Waals surface area contributed by atoms with Crippen LogP contribution >= 0.6 is 20.0 Å². The summed E-state index contributed by atoms with van der Waals surface area (Å²) in [6.45, 7) is 9.38. The summed E-state index contributed by atoms with van der Waals surface area (Å²) < 4.78 is 37.5. The van der Waals surface area contributed by atoms with E-state index in [0.717, 1.165) is 72.7 Å². The monoisotopic (exact) mass is 1370 g/mol. The van der Waals surface area contributed by atoms with Gasteiger partial charge in [0.1, 0.15) is 35.6 Å². The summed E-state index contributed by atoms with van der Waals surface area (Å²) in [4.78, 5) is 85.7. The number of ether oxygens (including phenoxy) is 2. The molecule has 2 aromatic carbocycles. The highest BCUT2D eigenvalue weighted by molar-refractivity contribution is 7.80. The molecule has 0 saturated carbocycles. The third-order valence-corrected chi connectivity index (χ3v) is 17.3. The number of phosphoric acid groups is 1. The van der Waals surface area contributed by atoms with E-state index in [1.165, 1.54) is 159 Å². The maximum absolute atomic E-state index is 12.1. The Morgan fingerprint density at radius 1 is 0.594 bits per heavy atom. The number of thiocarbonyl (C=S) groups is 1. The first-order valence-electron chi connectivity index (χ1n) is 36.0. The second kappa shape index (κ2) is 56.7. The molecule has 0 fully saturated rings. The van der Waals surface area contributed by atoms with Crippen LogP contribution in [0, 0.1) is 0 Å². The van der Waals surface area contributed by atoms with Gasteiger partial charge in [-0.3, -0.25) is 33.0 Å². The molecule has 1 heterocycles. The van der Waals surface area contributed by atoms with Crippen molar-refractivity contribution < 1.29 is 66.3 Å². The van der Waals surface area contributed by atoms with Crippen LogP contribution in [-0.4, -0.2) is 83.9 Å². The zero-order valence-corrected chi connectivity index (χ0v) is 60.1. The number of phenols is 1. The van der Waals surface area contributed by atoms with E-state index in [9.17, 15) is 38.5 Å². The fourth-order valence-corrected chi connectivity index (χ4v) is 11.7. The van der Waals surface area contributed by atoms with Gasteiger partial charge in [0, 0.05) is 79.5 Å². The van der Waals surface area contributed by atoms with Crippen molar-refractivity contribution in [3.63, 3.8) is 0 Å². The Balaban J connectivity index is 0.000000636. The Morgan fingerprint density at radius 3 is 1.67 bits per heavy atom. The van der Waals surface area contributed by atoms with E-state index < -0.39 is 7.82 Å². The number of unbranched alkanes of at least 4 members (excludes halogenated alkanes) is 25. The van der Waals surface area contributed by atoms with E-state index in [1.54, 1.807) is 32.0 Å². The van der Waals surface area contributed by atoms with Crippen molar-refractivity contribution in [2.75, 3.05) is 38.2 Å². The standard InChI is InChI=1S/C39H72O4.C36H44N3O9PS.CO2/c1-4-6-8-10-12-14-16-18-20-22-24-26-28-30-32-34-38(40)42-36-37(3)43-39(41)35-33-31-29-27-25-23-21-19-17-15-13-11-9-7-5-2;1-2-46-49(44,45)47-22-8-10-27(40)9-4-5-11-34(43)37-20-6-3-7-21-38-36(50)39-26-14-12-25(13-15-26)35-30-18-16-28(41)23-32(30)48-33-24-29(42)17-19-31(33)35;2-1-3/h18-21,37H,4-17,22-36H2,1-3H3;12-19,23-24,41H,2-11,20-22H2,1H3,(H,37,43)(H,44,45)(H2,38,39,50);/b20-18-,21-19-;;. The molecule has 2 aromatic rings. The predicted molar refractivity (Wildman–Crippen MR) is 388 cm³/mol. The maximum Gasteiger partial charge on any atom is 0.472 e. The first-order valence-corrected chi connectivity index (χ1v) is 37.9. The minimum absolute atomic E-state index is 0.0262. The van der Waals surface area contributed by atoms with Gasteiger partial charge in [-0.25, -0.2) is 4.57 Å². The number of esters is 2. The zero-order chi connectivity index (χ0) is 70.1. The average Bonchev–Trinajstić information content (AvgIpc) is 0.766. The average molecular weight is 1370 g/mol. The molecule has 20 heteroatoms. The first-order chi connectivity index (χ1) is 46.6. The summed E-state index contributed by atoms with van der Waals surface area (Å²) in [5, 5.41) is 20.6. The number of fused-ring (bicyclic) bond motifs is 2. The van der Waals surface area contributed by atoms with E-state index >= 15 is 0 Å². The number of nitrogens with one attached hydrogen (secondary N) is 3. The lowest BCUT2D eigenvalue weighted by Crippen LogP contribution is -2.29. The number of carbonyl (C=O) groups excluding carboxylic acids is 6. The van der Waals surface area contributed by atoms with Gasteiger partial charge in [0.15, 0.2) is 10.5 Å². The SMILES string of the molecule is CCCCCCCC/C=C\CCCCCCCC(=O)OCC(C)OC(=O)CCCCCCC/C=C\CCCCCCCC.CCOP(=O)(O)OCCCC(=O)CCCCC(=O)NCCCCCNC(=S)Nc1ccc(-c2c3ccc(=O)cc-3oc3cc(O)ccc23)cc1.O=C=O. The second-order valence-corrected chi connectivity index (χ2v) is 26.4. The van der Waals surface area contributed by atoms with Crippen molar-refractivity contribution in [1.29, 1.82) is 0 Å². The number of phenolic OH excluding ortho intramolecular Hbond substituents is 1. The normalized spacial score (nSPS) is 12.1. The van der Waals surface area contributed by atoms with Crippen LogP contribution in [0.3, 0.4) is 0 Å². The molecule has 1 aliphatic heterocycles. The molecule has 96 heavy (non-hydrogen) atoms. The van der Waals surface area contributed by atoms with Crippen LogP contribution in [0.5, 0.6) is 5.75 Å². The van der Waals surface area contributed by atoms with Crippen LogP contribution in [0.1, 0.15) is 265 Å². The molecule has 0 aromatic heterocycles. The van der Waals surface area contributed by atoms with E-state index in [4.69, 9.17) is 40.2 Å². The Labute approximate surface area is 578 Å². The minimum Gasteiger partial charge on any atom is -0.508 e. The number of anilines is 1. The van der Waals surface area contributed by atoms with Crippen LogP contribution in [0.2, 0.25) is 0 Å². The number of aromatic hydroxyl groups is 1. The lowest BCUT2D eigenvalue weighted by molar-refractivity contribution is -0.191. The number of phosphoric ester groups is 1. The molecule has 1 amide bonds. The summed E-state index contributed by atoms with van der Waals surface area (Å²) in [6.07, 6.45) is 47.6. The van der Waals surface area contributed by atoms with Crippen molar-refractivity contribution in [3.05, 3.63) is 95.2 Å². The third kappa shape index (κ3) is 44.5. The Kier molecular flexibility index (Phi) is 50.6. The number of hydrogen-bond acceptors (Lipinski definition) is 15. The Morgan fingerprint density at radius 2 is 1.09 bits per heavy atom. The molecule has 0 spiro atoms. The van der Waals surface area contributed by atoms with Gasteiger partial charge >= 0.3 is 25.9 Å². The smallest absolute Gasteiger partial charge is 0.472 e. The van der Waals surface area contributed by atoms with Gasteiger partial charge in [0.25, 0.3) is 0 Å². The van der Waals surface area contributed by atoms with Gasteiger partial charge in [-0.2, -0.15) is 9.59 Å². The number of ketones is 1. The number of allylic oxidation sites excluding steroid dienone is 4. The molecular weight excluding hydrogens is 1260 g/mol. The highest BCUT2D eigenvalue weighted by Gasteiger charge is 2.21. The summed E-state index contributed by atoms with van der Waals surface area (Å²) in [5.41, 5.74) is 3.75. The number of rotatable bonds is 53. The van der Waals surface area contributed by atoms with E-state index in [1.807, 2.05) is 24.3 Å². The second-order valence-electron chi connectivity index (χ2n) is 24.5. The molecule has 536 valence electrons. The van der Waals surface area contributed by atoms with Crippen molar-refractivity contribution in [3.8, 4) is 28.2 Å². The summed E-state index contributed by atoms with van der Waals surface area (Å²) in [5.74, 6) is 0.157. The minimum atomic E-state index is -4.02. The van der Waals surface area contributed by atoms with Crippen LogP contribution in [0.25, 0.3) is 33.4 Å². The van der Waals surface area contributed by atoms with Crippen molar-refractivity contribution >= 4 is 71.6 Å². The van der Waals surface area contributed by atoms with Gasteiger partial charge < -0.3 is 39.8 Å². The Bertz CT molecular complexity index is 2930. The van der Waals surface area contributed by atoms with Crippen LogP contribution in [0.4, 0.5) is 5.69 Å². The summed E-state index contributed by atoms with van der Waals surface area (Å²) in [7, 11) is -4.02. The van der Waals surface area contributed by atoms with Crippen molar-refractivity contribution in [2.45, 2.75) is 271 Å². The lowest BCUT2D eigenvalue weighted by Gasteiger charge is -2.16. The van der Waals surface area contributed by atoms with Gasteiger partial charge in [0.05, 0.1) is 13.2 Å². The number of benzene rings is 3. The number of hydrogen-bond donors (Lipinski definition) is 5. The summed E-state index contributed by atoms with van der Waals surface area (Å²) in [6, 6.07) is 17.4. The molecule has 5 N–H and O–H groups in total. The van der Waals surface area contributed by atoms with Gasteiger partial charge in [-0.05, 0) is 171 Å². The molecule has 0 saturated heterocycles. The van der Waals surface area contributed by atoms with Crippen LogP contribution < -0.4 is 21.4 Å². The Hall–Kier alpha value is -6.33. The van der Waals surface area contributed by atoms with Gasteiger partial charge in [-0.1, -0.05) is 153 Å². The number of amides is 1. The molecule has 2 unspecified atom stereocenters. The third-order valence-electron chi connectivity index (χ3n) is 15.9. The largest absolute Gasteiger partial charge is 0.508 e. The highest BCUT2D eigenvalue weighted by atomic mass is 32.1. The molecule has 1 aliphatic carbocycles. The molecule has 4 rings (SSSR count). The maximum atomic E-state index is 12.1. The van der Waals surface area contributed by atoms with E-state index in [2.05, 4.69) is 58.6 Å². The van der Waals surface area contributed by atoms with Gasteiger partial charge in [0.2, 0.25) is 5.91 Å². The molecule has 2 aliphatic rings. The van der Waals surface area contributed by atoms with E-state index in [0.29, 0.717) is 74.5 Å². The fourth-order valence-electron chi connectivity index (χ4n) is 10.7. The molecule has 0 bridgehead atoms. The molecule has 18 nitrogen and oxygen atoms in total. The van der Waals surface area contributed by atoms with Crippen molar-refractivity contribution in [1.82, 2.24) is 10.6 Å². The highest BCUT2D eigenvalue weighted by Crippen LogP contribution is 2.43. The topological polar surface area (TPSA) is 263 Å². The number of carbonyl (C=O) groups is 4. The molecule has 0 radical (unpaired) electrons. The number of Topliss-reactive ketones (excluding diaryl/α,β-unsaturated/α-hetero) is 1. The van der Waals surface area contributed by atoms with Gasteiger partial charge in [-0.15, -0.1) is 0 Å². The molecular formula is C76H116N3O15PS. The van der Waals surface area contributed by atoms with Crippen molar-refractivity contribution in [2.24, 2.45) is 0 Å². The lowest BCUT2D eigenvalue weighted by atomic mass is 9.93. The molecule has 2 atom stereocenters. The summed E-state index contributed by atoms with van der Waals surface area (Å²) >= 11 is 5.47. The zero-order valence-electron chi connectivity index (χ0n) is 58.4. The van der Waals surface area contributed by atoms with Crippen LogP contribution in [0.15, 0.2) is 94.2 Å². The van der Waals surface area contributed by atoms with E-state index in [-0.39, 0.29) is 73.3 Å². The quantitative estimate of drug-likeness (QED) is 0.00687.